The van der Waals surface area contributed by atoms with Gasteiger partial charge in [-0.05, 0) is 19.1 Å². The van der Waals surface area contributed by atoms with Gasteiger partial charge in [0.15, 0.2) is 5.96 Å². The van der Waals surface area contributed by atoms with E-state index in [-0.39, 0.29) is 0 Å². The molecule has 3 aromatic rings. The normalized spacial score (nSPS) is 15.0. The molecule has 2 N–H and O–H groups in total. The summed E-state index contributed by atoms with van der Waals surface area (Å²) < 4.78 is 11.4. The molecule has 7 heteroatoms. The molecule has 1 aliphatic rings. The predicted molar refractivity (Wildman–Crippen MR) is 115 cm³/mol. The number of morpholine rings is 1. The van der Waals surface area contributed by atoms with Crippen molar-refractivity contribution in [1.29, 1.82) is 0 Å². The molecule has 0 saturated carbocycles. The van der Waals surface area contributed by atoms with Gasteiger partial charge in [0, 0.05) is 49.4 Å². The summed E-state index contributed by atoms with van der Waals surface area (Å²) in [4.78, 5) is 11.2. The van der Waals surface area contributed by atoms with E-state index in [1.165, 1.54) is 0 Å². The molecule has 1 aliphatic heterocycles. The van der Waals surface area contributed by atoms with E-state index in [2.05, 4.69) is 44.6 Å². The molecule has 0 radical (unpaired) electrons. The van der Waals surface area contributed by atoms with Crippen LogP contribution in [-0.4, -0.2) is 44.3 Å². The summed E-state index contributed by atoms with van der Waals surface area (Å²) in [5.41, 5.74) is 3.21. The topological polar surface area (TPSA) is 74.9 Å². The van der Waals surface area contributed by atoms with Crippen LogP contribution < -0.4 is 15.5 Å². The number of benzene rings is 1. The van der Waals surface area contributed by atoms with Crippen LogP contribution in [0.2, 0.25) is 0 Å². The van der Waals surface area contributed by atoms with Crippen molar-refractivity contribution in [1.82, 2.24) is 15.6 Å². The van der Waals surface area contributed by atoms with Crippen LogP contribution in [0.1, 0.15) is 16.9 Å². The fraction of sp³-hybridized carbons (Fsp3) is 0.364. The highest BCUT2D eigenvalue weighted by atomic mass is 16.5. The van der Waals surface area contributed by atoms with Gasteiger partial charge in [-0.1, -0.05) is 24.3 Å². The van der Waals surface area contributed by atoms with Crippen LogP contribution in [0.3, 0.4) is 0 Å². The first-order valence-corrected chi connectivity index (χ1v) is 9.94. The third kappa shape index (κ3) is 4.35. The Morgan fingerprint density at radius 3 is 2.69 bits per heavy atom. The summed E-state index contributed by atoms with van der Waals surface area (Å²) in [7, 11) is 1.77. The first kappa shape index (κ1) is 19.3. The number of furan rings is 1. The fourth-order valence-corrected chi connectivity index (χ4v) is 3.59. The molecule has 0 bridgehead atoms. The van der Waals surface area contributed by atoms with Crippen LogP contribution in [0, 0.1) is 6.92 Å². The molecule has 29 heavy (non-hydrogen) atoms. The van der Waals surface area contributed by atoms with Gasteiger partial charge in [-0.2, -0.15) is 0 Å². The summed E-state index contributed by atoms with van der Waals surface area (Å²) in [5, 5.41) is 7.89. The standard InChI is InChI=1S/C22H27N5O2/c1-16-18-7-3-4-8-19(18)29-20(16)15-26-22(23-2)25-14-17-6-5-9-24-21(17)27-10-12-28-13-11-27/h3-9H,10-15H2,1-2H3,(H2,23,25,26). The van der Waals surface area contributed by atoms with E-state index in [4.69, 9.17) is 9.15 Å². The minimum Gasteiger partial charge on any atom is -0.459 e. The highest BCUT2D eigenvalue weighted by molar-refractivity contribution is 5.83. The van der Waals surface area contributed by atoms with Crippen LogP contribution in [0.25, 0.3) is 11.0 Å². The monoisotopic (exact) mass is 393 g/mol. The van der Waals surface area contributed by atoms with Crippen molar-refractivity contribution in [3.8, 4) is 0 Å². The highest BCUT2D eigenvalue weighted by Crippen LogP contribution is 2.24. The number of pyridine rings is 1. The van der Waals surface area contributed by atoms with Gasteiger partial charge in [-0.25, -0.2) is 4.98 Å². The SMILES string of the molecule is CN=C(NCc1cccnc1N1CCOCC1)NCc1oc2ccccc2c1C. The summed E-state index contributed by atoms with van der Waals surface area (Å²) in [6, 6.07) is 12.2. The zero-order chi connectivity index (χ0) is 20.1. The smallest absolute Gasteiger partial charge is 0.191 e. The molecule has 0 aliphatic carbocycles. The Bertz CT molecular complexity index is 992. The number of aromatic nitrogens is 1. The Hall–Kier alpha value is -3.06. The second-order valence-corrected chi connectivity index (χ2v) is 7.01. The van der Waals surface area contributed by atoms with Gasteiger partial charge in [-0.15, -0.1) is 0 Å². The third-order valence-electron chi connectivity index (χ3n) is 5.21. The summed E-state index contributed by atoms with van der Waals surface area (Å²) >= 11 is 0. The van der Waals surface area contributed by atoms with Crippen molar-refractivity contribution in [2.24, 2.45) is 4.99 Å². The maximum absolute atomic E-state index is 5.98. The van der Waals surface area contributed by atoms with E-state index >= 15 is 0 Å². The maximum atomic E-state index is 5.98. The second-order valence-electron chi connectivity index (χ2n) is 7.01. The lowest BCUT2D eigenvalue weighted by molar-refractivity contribution is 0.122. The van der Waals surface area contributed by atoms with Gasteiger partial charge < -0.3 is 24.7 Å². The molecule has 1 aromatic carbocycles. The summed E-state index contributed by atoms with van der Waals surface area (Å²) in [5.74, 6) is 2.65. The fourth-order valence-electron chi connectivity index (χ4n) is 3.59. The lowest BCUT2D eigenvalue weighted by atomic mass is 10.1. The molecular weight excluding hydrogens is 366 g/mol. The first-order chi connectivity index (χ1) is 14.3. The van der Waals surface area contributed by atoms with Crippen LogP contribution in [0.15, 0.2) is 52.0 Å². The predicted octanol–water partition coefficient (Wildman–Crippen LogP) is 2.84. The number of para-hydroxylation sites is 1. The molecule has 0 spiro atoms. The first-order valence-electron chi connectivity index (χ1n) is 9.94. The average Bonchev–Trinajstić information content (AvgIpc) is 3.10. The summed E-state index contributed by atoms with van der Waals surface area (Å²) in [6.45, 7) is 6.50. The molecule has 3 heterocycles. The van der Waals surface area contributed by atoms with E-state index in [0.717, 1.165) is 65.9 Å². The van der Waals surface area contributed by atoms with Crippen molar-refractivity contribution in [2.45, 2.75) is 20.0 Å². The number of aliphatic imine (C=N–C) groups is 1. The second kappa shape index (κ2) is 8.96. The van der Waals surface area contributed by atoms with Crippen molar-refractivity contribution in [3.63, 3.8) is 0 Å². The number of fused-ring (bicyclic) bond motifs is 1. The molecule has 152 valence electrons. The van der Waals surface area contributed by atoms with Gasteiger partial charge >= 0.3 is 0 Å². The Morgan fingerprint density at radius 1 is 1.10 bits per heavy atom. The number of anilines is 1. The molecule has 4 rings (SSSR count). The van der Waals surface area contributed by atoms with Crippen LogP contribution >= 0.6 is 0 Å². The minimum atomic E-state index is 0.573. The molecule has 0 amide bonds. The number of aryl methyl sites for hydroxylation is 1. The van der Waals surface area contributed by atoms with Crippen molar-refractivity contribution in [3.05, 3.63) is 59.5 Å². The number of hydrogen-bond donors (Lipinski definition) is 2. The zero-order valence-electron chi connectivity index (χ0n) is 16.9. The number of ether oxygens (including phenoxy) is 1. The van der Waals surface area contributed by atoms with Gasteiger partial charge in [-0.3, -0.25) is 4.99 Å². The quantitative estimate of drug-likeness (QED) is 0.513. The van der Waals surface area contributed by atoms with Crippen molar-refractivity contribution < 1.29 is 9.15 Å². The average molecular weight is 393 g/mol. The maximum Gasteiger partial charge on any atom is 0.191 e. The number of nitrogens with one attached hydrogen (secondary N) is 2. The van der Waals surface area contributed by atoms with Crippen LogP contribution in [0.4, 0.5) is 5.82 Å². The van der Waals surface area contributed by atoms with Crippen molar-refractivity contribution in [2.75, 3.05) is 38.3 Å². The molecular formula is C22H27N5O2. The Kier molecular flexibility index (Phi) is 5.95. The van der Waals surface area contributed by atoms with Gasteiger partial charge in [0.25, 0.3) is 0 Å². The molecule has 0 atom stereocenters. The van der Waals surface area contributed by atoms with E-state index < -0.39 is 0 Å². The largest absolute Gasteiger partial charge is 0.459 e. The number of hydrogen-bond acceptors (Lipinski definition) is 5. The van der Waals surface area contributed by atoms with E-state index in [1.54, 1.807) is 7.05 Å². The minimum absolute atomic E-state index is 0.573. The van der Waals surface area contributed by atoms with Crippen molar-refractivity contribution >= 4 is 22.7 Å². The van der Waals surface area contributed by atoms with Gasteiger partial charge in [0.2, 0.25) is 0 Å². The van der Waals surface area contributed by atoms with Crippen LogP contribution in [-0.2, 0) is 17.8 Å². The molecule has 1 fully saturated rings. The molecule has 1 saturated heterocycles. The highest BCUT2D eigenvalue weighted by Gasteiger charge is 2.16. The molecule has 0 unspecified atom stereocenters. The lowest BCUT2D eigenvalue weighted by Gasteiger charge is -2.29. The Morgan fingerprint density at radius 2 is 1.90 bits per heavy atom. The lowest BCUT2D eigenvalue weighted by Crippen LogP contribution is -2.39. The number of rotatable bonds is 5. The van der Waals surface area contributed by atoms with E-state index in [0.29, 0.717) is 13.1 Å². The van der Waals surface area contributed by atoms with E-state index in [9.17, 15) is 0 Å². The molecule has 7 nitrogen and oxygen atoms in total. The van der Waals surface area contributed by atoms with Gasteiger partial charge in [0.05, 0.1) is 19.8 Å². The number of nitrogens with zero attached hydrogens (tertiary/aromatic N) is 3. The molecule has 2 aromatic heterocycles. The third-order valence-corrected chi connectivity index (χ3v) is 5.21. The van der Waals surface area contributed by atoms with Crippen LogP contribution in [0.5, 0.6) is 0 Å². The van der Waals surface area contributed by atoms with Gasteiger partial charge in [0.1, 0.15) is 17.2 Å². The van der Waals surface area contributed by atoms with E-state index in [1.807, 2.05) is 30.5 Å². The Labute approximate surface area is 170 Å². The summed E-state index contributed by atoms with van der Waals surface area (Å²) in [6.07, 6.45) is 1.84. The number of guanidine groups is 1. The Balaban J connectivity index is 1.39. The zero-order valence-corrected chi connectivity index (χ0v) is 16.9.